The van der Waals surface area contributed by atoms with Crippen LogP contribution in [-0.2, 0) is 19.5 Å². The van der Waals surface area contributed by atoms with Crippen molar-refractivity contribution >= 4 is 22.2 Å². The summed E-state index contributed by atoms with van der Waals surface area (Å²) >= 11 is 1.84. The first kappa shape index (κ1) is 14.4. The average Bonchev–Trinajstić information content (AvgIpc) is 3.12. The van der Waals surface area contributed by atoms with E-state index in [1.807, 2.05) is 11.3 Å². The molecule has 3 rings (SSSR count). The van der Waals surface area contributed by atoms with E-state index in [4.69, 9.17) is 0 Å². The van der Waals surface area contributed by atoms with Crippen molar-refractivity contribution in [3.8, 4) is 0 Å². The van der Waals surface area contributed by atoms with E-state index >= 15 is 0 Å². The van der Waals surface area contributed by atoms with E-state index in [-0.39, 0.29) is 0 Å². The summed E-state index contributed by atoms with van der Waals surface area (Å²) in [5, 5.41) is 6.96. The normalized spacial score (nSPS) is 11.6. The highest BCUT2D eigenvalue weighted by molar-refractivity contribution is 7.09. The maximum Gasteiger partial charge on any atom is 0.0483 e. The van der Waals surface area contributed by atoms with Crippen LogP contribution in [0.1, 0.15) is 24.3 Å². The number of thiophene rings is 1. The van der Waals surface area contributed by atoms with E-state index in [9.17, 15) is 0 Å². The van der Waals surface area contributed by atoms with Crippen LogP contribution in [0.2, 0.25) is 0 Å². The lowest BCUT2D eigenvalue weighted by molar-refractivity contribution is 0.589. The summed E-state index contributed by atoms with van der Waals surface area (Å²) in [6.45, 7) is 6.35. The second-order valence-corrected chi connectivity index (χ2v) is 6.80. The van der Waals surface area contributed by atoms with Crippen molar-refractivity contribution in [3.63, 3.8) is 0 Å². The Morgan fingerprint density at radius 2 is 2.10 bits per heavy atom. The van der Waals surface area contributed by atoms with E-state index in [2.05, 4.69) is 71.7 Å². The van der Waals surface area contributed by atoms with Crippen molar-refractivity contribution < 1.29 is 0 Å². The molecule has 0 fully saturated rings. The number of nitrogens with zero attached hydrogens (tertiary/aromatic N) is 1. The molecule has 0 aliphatic heterocycles. The molecule has 110 valence electrons. The minimum absolute atomic E-state index is 0.520. The first-order chi connectivity index (χ1) is 10.2. The van der Waals surface area contributed by atoms with Gasteiger partial charge in [-0.3, -0.25) is 0 Å². The summed E-state index contributed by atoms with van der Waals surface area (Å²) in [4.78, 5) is 1.45. The van der Waals surface area contributed by atoms with Crippen LogP contribution in [0.15, 0.2) is 48.0 Å². The molecule has 1 aromatic carbocycles. The number of hydrogen-bond acceptors (Lipinski definition) is 2. The minimum atomic E-state index is 0.520. The van der Waals surface area contributed by atoms with E-state index in [0.717, 1.165) is 19.5 Å². The molecule has 0 saturated carbocycles. The Hall–Kier alpha value is -1.58. The van der Waals surface area contributed by atoms with Crippen molar-refractivity contribution in [2.24, 2.45) is 0 Å². The van der Waals surface area contributed by atoms with Crippen molar-refractivity contribution in [3.05, 3.63) is 58.4 Å². The summed E-state index contributed by atoms with van der Waals surface area (Å²) < 4.78 is 2.37. The predicted molar refractivity (Wildman–Crippen MR) is 91.9 cm³/mol. The van der Waals surface area contributed by atoms with Crippen LogP contribution in [0.3, 0.4) is 0 Å². The van der Waals surface area contributed by atoms with Crippen molar-refractivity contribution in [2.45, 2.75) is 39.4 Å². The van der Waals surface area contributed by atoms with Crippen LogP contribution in [0.5, 0.6) is 0 Å². The van der Waals surface area contributed by atoms with Crippen LogP contribution in [0.25, 0.3) is 10.9 Å². The van der Waals surface area contributed by atoms with Crippen molar-refractivity contribution in [2.75, 3.05) is 0 Å². The molecule has 0 spiro atoms. The van der Waals surface area contributed by atoms with Crippen molar-refractivity contribution in [1.29, 1.82) is 0 Å². The number of rotatable bonds is 6. The summed E-state index contributed by atoms with van der Waals surface area (Å²) in [5.41, 5.74) is 2.70. The molecule has 2 heterocycles. The number of aromatic nitrogens is 1. The molecular weight excluding hydrogens is 276 g/mol. The lowest BCUT2D eigenvalue weighted by Crippen LogP contribution is -2.21. The van der Waals surface area contributed by atoms with Gasteiger partial charge < -0.3 is 9.88 Å². The Morgan fingerprint density at radius 1 is 1.19 bits per heavy atom. The Balaban J connectivity index is 1.77. The molecule has 0 saturated heterocycles. The fraction of sp³-hybridized carbons (Fsp3) is 0.333. The van der Waals surface area contributed by atoms with E-state index in [1.54, 1.807) is 0 Å². The van der Waals surface area contributed by atoms with Crippen LogP contribution >= 0.6 is 11.3 Å². The van der Waals surface area contributed by atoms with Crippen molar-refractivity contribution in [1.82, 2.24) is 9.88 Å². The molecule has 0 aliphatic carbocycles. The Bertz CT molecular complexity index is 695. The first-order valence-corrected chi connectivity index (χ1v) is 8.44. The highest BCUT2D eigenvalue weighted by atomic mass is 32.1. The average molecular weight is 298 g/mol. The molecular formula is C18H22N2S. The fourth-order valence-corrected chi connectivity index (χ4v) is 3.24. The minimum Gasteiger partial charge on any atom is -0.347 e. The van der Waals surface area contributed by atoms with E-state index in [1.165, 1.54) is 21.3 Å². The molecule has 21 heavy (non-hydrogen) atoms. The Kier molecular flexibility index (Phi) is 4.42. The highest BCUT2D eigenvalue weighted by Gasteiger charge is 2.04. The molecule has 1 N–H and O–H groups in total. The number of hydrogen-bond donors (Lipinski definition) is 1. The molecule has 3 aromatic rings. The maximum atomic E-state index is 3.48. The SMILES string of the molecule is CC(C)NCc1ccc2ccn(CCc3cccs3)c2c1. The lowest BCUT2D eigenvalue weighted by atomic mass is 10.1. The lowest BCUT2D eigenvalue weighted by Gasteiger charge is -2.09. The summed E-state index contributed by atoms with van der Waals surface area (Å²) in [6.07, 6.45) is 3.31. The van der Waals surface area contributed by atoms with Gasteiger partial charge in [-0.1, -0.05) is 32.0 Å². The topological polar surface area (TPSA) is 17.0 Å². The molecule has 2 nitrogen and oxygen atoms in total. The third-order valence-corrected chi connectivity index (χ3v) is 4.67. The van der Waals surface area contributed by atoms with Gasteiger partial charge in [-0.15, -0.1) is 11.3 Å². The quantitative estimate of drug-likeness (QED) is 0.711. The monoisotopic (exact) mass is 298 g/mol. The van der Waals surface area contributed by atoms with Gasteiger partial charge in [0.25, 0.3) is 0 Å². The summed E-state index contributed by atoms with van der Waals surface area (Å²) in [6, 6.07) is 13.8. The number of aryl methyl sites for hydroxylation is 2. The zero-order valence-electron chi connectivity index (χ0n) is 12.7. The van der Waals surface area contributed by atoms with Crippen LogP contribution < -0.4 is 5.32 Å². The number of fused-ring (bicyclic) bond motifs is 1. The number of benzene rings is 1. The van der Waals surface area contributed by atoms with Gasteiger partial charge in [-0.25, -0.2) is 0 Å². The Morgan fingerprint density at radius 3 is 2.86 bits per heavy atom. The molecule has 0 unspecified atom stereocenters. The van der Waals surface area contributed by atoms with E-state index in [0.29, 0.717) is 6.04 Å². The molecule has 2 aromatic heterocycles. The van der Waals surface area contributed by atoms with Gasteiger partial charge in [-0.2, -0.15) is 0 Å². The smallest absolute Gasteiger partial charge is 0.0483 e. The zero-order chi connectivity index (χ0) is 14.7. The van der Waals surface area contributed by atoms with Crippen LogP contribution in [0.4, 0.5) is 0 Å². The second-order valence-electron chi connectivity index (χ2n) is 5.77. The molecule has 0 bridgehead atoms. The third kappa shape index (κ3) is 3.55. The zero-order valence-corrected chi connectivity index (χ0v) is 13.5. The van der Waals surface area contributed by atoms with Crippen LogP contribution in [0, 0.1) is 0 Å². The van der Waals surface area contributed by atoms with Crippen LogP contribution in [-0.4, -0.2) is 10.6 Å². The summed E-state index contributed by atoms with van der Waals surface area (Å²) in [5.74, 6) is 0. The standard InChI is InChI=1S/C18H22N2S/c1-14(2)19-13-15-5-6-16-7-9-20(18(16)12-15)10-8-17-4-3-11-21-17/h3-7,9,11-12,14,19H,8,10,13H2,1-2H3. The van der Waals surface area contributed by atoms with Gasteiger partial charge in [0, 0.05) is 35.7 Å². The Labute approximate surface area is 130 Å². The third-order valence-electron chi connectivity index (χ3n) is 3.73. The summed E-state index contributed by atoms with van der Waals surface area (Å²) in [7, 11) is 0. The first-order valence-electron chi connectivity index (χ1n) is 7.56. The van der Waals surface area contributed by atoms with E-state index < -0.39 is 0 Å². The van der Waals surface area contributed by atoms with Gasteiger partial charge >= 0.3 is 0 Å². The highest BCUT2D eigenvalue weighted by Crippen LogP contribution is 2.19. The largest absolute Gasteiger partial charge is 0.347 e. The molecule has 3 heteroatoms. The second kappa shape index (κ2) is 6.46. The van der Waals surface area contributed by atoms with Gasteiger partial charge in [0.2, 0.25) is 0 Å². The van der Waals surface area contributed by atoms with Gasteiger partial charge in [0.15, 0.2) is 0 Å². The maximum absolute atomic E-state index is 3.48. The molecule has 0 amide bonds. The molecule has 0 aliphatic rings. The number of nitrogens with one attached hydrogen (secondary N) is 1. The molecule has 0 atom stereocenters. The predicted octanol–water partition coefficient (Wildman–Crippen LogP) is 4.44. The van der Waals surface area contributed by atoms with Gasteiger partial charge in [0.1, 0.15) is 0 Å². The molecule has 0 radical (unpaired) electrons. The fourth-order valence-electron chi connectivity index (χ4n) is 2.54. The van der Waals surface area contributed by atoms with Gasteiger partial charge in [-0.05, 0) is 40.9 Å². The van der Waals surface area contributed by atoms with Gasteiger partial charge in [0.05, 0.1) is 0 Å².